The summed E-state index contributed by atoms with van der Waals surface area (Å²) in [5.74, 6) is 1.69. The van der Waals surface area contributed by atoms with Crippen LogP contribution in [0, 0.1) is 19.8 Å². The number of aromatic nitrogens is 4. The number of carbonyl (C=O) groups excluding carboxylic acids is 1. The molecule has 7 heteroatoms. The summed E-state index contributed by atoms with van der Waals surface area (Å²) >= 11 is 0. The number of para-hydroxylation sites is 1. The Bertz CT molecular complexity index is 1020. The van der Waals surface area contributed by atoms with Gasteiger partial charge in [0, 0.05) is 30.4 Å². The maximum absolute atomic E-state index is 12.7. The van der Waals surface area contributed by atoms with E-state index in [1.165, 1.54) is 5.56 Å². The largest absolute Gasteiger partial charge is 0.355 e. The van der Waals surface area contributed by atoms with Crippen molar-refractivity contribution in [1.82, 2.24) is 20.0 Å². The fraction of sp³-hybridized carbons (Fsp3) is 0.391. The number of hydrogen-bond donors (Lipinski definition) is 1. The Morgan fingerprint density at radius 3 is 2.40 bits per heavy atom. The molecule has 1 saturated heterocycles. The molecular formula is C23H28N6O. The van der Waals surface area contributed by atoms with E-state index < -0.39 is 0 Å². The van der Waals surface area contributed by atoms with Gasteiger partial charge in [0.25, 0.3) is 0 Å². The molecule has 0 radical (unpaired) electrons. The van der Waals surface area contributed by atoms with Crippen LogP contribution in [0.4, 0.5) is 11.5 Å². The zero-order chi connectivity index (χ0) is 21.1. The summed E-state index contributed by atoms with van der Waals surface area (Å²) < 4.78 is 1.80. The molecule has 3 heterocycles. The molecule has 3 aromatic rings. The van der Waals surface area contributed by atoms with Crippen molar-refractivity contribution in [3.63, 3.8) is 0 Å². The van der Waals surface area contributed by atoms with E-state index in [0.29, 0.717) is 5.82 Å². The molecule has 1 aliphatic heterocycles. The van der Waals surface area contributed by atoms with Crippen LogP contribution in [0.3, 0.4) is 0 Å². The lowest BCUT2D eigenvalue weighted by Gasteiger charge is -2.32. The number of carbonyl (C=O) groups is 1. The molecule has 0 bridgehead atoms. The zero-order valence-electron chi connectivity index (χ0n) is 17.8. The number of piperidine rings is 1. The second kappa shape index (κ2) is 8.65. The van der Waals surface area contributed by atoms with Crippen LogP contribution in [0.25, 0.3) is 5.82 Å². The quantitative estimate of drug-likeness (QED) is 0.702. The predicted molar refractivity (Wildman–Crippen MR) is 118 cm³/mol. The van der Waals surface area contributed by atoms with Crippen molar-refractivity contribution in [1.29, 1.82) is 0 Å². The topological polar surface area (TPSA) is 75.9 Å². The Balaban J connectivity index is 1.36. The number of benzene rings is 1. The summed E-state index contributed by atoms with van der Waals surface area (Å²) in [6, 6.07) is 14.0. The van der Waals surface area contributed by atoms with Crippen LogP contribution < -0.4 is 10.2 Å². The number of aryl methyl sites for hydroxylation is 3. The van der Waals surface area contributed by atoms with Crippen LogP contribution >= 0.6 is 0 Å². The standard InChI is InChI=1S/C23H28N6O/c1-4-18-7-5-6-8-20(18)24-23(30)19-11-13-28(14-12-19)21-9-10-22(26-25-21)29-17(3)15-16(2)27-29/h5-10,15,19H,4,11-14H2,1-3H3,(H,24,30). The van der Waals surface area contributed by atoms with Gasteiger partial charge in [0.05, 0.1) is 5.69 Å². The van der Waals surface area contributed by atoms with Crippen LogP contribution in [0.15, 0.2) is 42.5 Å². The first kappa shape index (κ1) is 20.1. The second-order valence-corrected chi connectivity index (χ2v) is 7.85. The lowest BCUT2D eigenvalue weighted by Crippen LogP contribution is -2.38. The zero-order valence-corrected chi connectivity index (χ0v) is 17.8. The van der Waals surface area contributed by atoms with Crippen LogP contribution in [-0.2, 0) is 11.2 Å². The molecule has 30 heavy (non-hydrogen) atoms. The summed E-state index contributed by atoms with van der Waals surface area (Å²) in [5, 5.41) is 16.3. The summed E-state index contributed by atoms with van der Waals surface area (Å²) in [6.07, 6.45) is 2.52. The molecule has 1 aliphatic rings. The molecule has 0 aliphatic carbocycles. The van der Waals surface area contributed by atoms with E-state index in [1.807, 2.05) is 50.2 Å². The van der Waals surface area contributed by atoms with Gasteiger partial charge in [0.2, 0.25) is 5.91 Å². The highest BCUT2D eigenvalue weighted by Crippen LogP contribution is 2.24. The van der Waals surface area contributed by atoms with Gasteiger partial charge in [0.1, 0.15) is 0 Å². The summed E-state index contributed by atoms with van der Waals surface area (Å²) in [4.78, 5) is 14.9. The molecule has 0 unspecified atom stereocenters. The van der Waals surface area contributed by atoms with Gasteiger partial charge in [-0.3, -0.25) is 4.79 Å². The van der Waals surface area contributed by atoms with E-state index in [2.05, 4.69) is 38.5 Å². The van der Waals surface area contributed by atoms with Crippen molar-refractivity contribution in [2.75, 3.05) is 23.3 Å². The van der Waals surface area contributed by atoms with E-state index in [4.69, 9.17) is 0 Å². The molecule has 1 fully saturated rings. The molecule has 4 rings (SSSR count). The van der Waals surface area contributed by atoms with Crippen molar-refractivity contribution in [3.8, 4) is 5.82 Å². The average molecular weight is 405 g/mol. The molecular weight excluding hydrogens is 376 g/mol. The monoisotopic (exact) mass is 404 g/mol. The Labute approximate surface area is 177 Å². The first-order valence-electron chi connectivity index (χ1n) is 10.6. The van der Waals surface area contributed by atoms with Crippen molar-refractivity contribution in [2.45, 2.75) is 40.0 Å². The molecule has 156 valence electrons. The van der Waals surface area contributed by atoms with Gasteiger partial charge in [-0.15, -0.1) is 10.2 Å². The Hall–Kier alpha value is -3.22. The van der Waals surface area contributed by atoms with Crippen molar-refractivity contribution in [3.05, 3.63) is 59.4 Å². The normalized spacial score (nSPS) is 14.7. The van der Waals surface area contributed by atoms with Gasteiger partial charge in [0.15, 0.2) is 11.6 Å². The predicted octanol–water partition coefficient (Wildman–Crippen LogP) is 3.70. The van der Waals surface area contributed by atoms with Crippen molar-refractivity contribution in [2.24, 2.45) is 5.92 Å². The minimum atomic E-state index is 0.0214. The van der Waals surface area contributed by atoms with E-state index in [9.17, 15) is 4.79 Å². The number of rotatable bonds is 5. The van der Waals surface area contributed by atoms with Gasteiger partial charge >= 0.3 is 0 Å². The third-order valence-corrected chi connectivity index (χ3v) is 5.71. The maximum atomic E-state index is 12.7. The number of nitrogens with one attached hydrogen (secondary N) is 1. The molecule has 2 aromatic heterocycles. The highest BCUT2D eigenvalue weighted by Gasteiger charge is 2.26. The minimum absolute atomic E-state index is 0.0214. The summed E-state index contributed by atoms with van der Waals surface area (Å²) in [5.41, 5.74) is 4.09. The van der Waals surface area contributed by atoms with Gasteiger partial charge in [-0.25, -0.2) is 4.68 Å². The number of anilines is 2. The highest BCUT2D eigenvalue weighted by atomic mass is 16.1. The molecule has 7 nitrogen and oxygen atoms in total. The third kappa shape index (κ3) is 4.20. The molecule has 0 atom stereocenters. The van der Waals surface area contributed by atoms with Gasteiger partial charge < -0.3 is 10.2 Å². The Morgan fingerprint density at radius 2 is 1.77 bits per heavy atom. The van der Waals surface area contributed by atoms with Crippen LogP contribution in [-0.4, -0.2) is 39.0 Å². The SMILES string of the molecule is CCc1ccccc1NC(=O)C1CCN(c2ccc(-n3nc(C)cc3C)nn2)CC1. The molecule has 0 saturated carbocycles. The Morgan fingerprint density at radius 1 is 1.07 bits per heavy atom. The number of hydrogen-bond acceptors (Lipinski definition) is 5. The van der Waals surface area contributed by atoms with Crippen molar-refractivity contribution >= 4 is 17.4 Å². The minimum Gasteiger partial charge on any atom is -0.355 e. The van der Waals surface area contributed by atoms with E-state index >= 15 is 0 Å². The van der Waals surface area contributed by atoms with Crippen LogP contribution in [0.2, 0.25) is 0 Å². The average Bonchev–Trinajstić information content (AvgIpc) is 3.12. The smallest absolute Gasteiger partial charge is 0.227 e. The van der Waals surface area contributed by atoms with Crippen LogP contribution in [0.1, 0.15) is 36.7 Å². The summed E-state index contributed by atoms with van der Waals surface area (Å²) in [6.45, 7) is 7.66. The highest BCUT2D eigenvalue weighted by molar-refractivity contribution is 5.93. The van der Waals surface area contributed by atoms with Gasteiger partial charge in [-0.2, -0.15) is 5.10 Å². The first-order chi connectivity index (χ1) is 14.5. The first-order valence-corrected chi connectivity index (χ1v) is 10.6. The number of amides is 1. The lowest BCUT2D eigenvalue weighted by molar-refractivity contribution is -0.120. The second-order valence-electron chi connectivity index (χ2n) is 7.85. The van der Waals surface area contributed by atoms with E-state index in [1.54, 1.807) is 4.68 Å². The fourth-order valence-electron chi connectivity index (χ4n) is 4.02. The van der Waals surface area contributed by atoms with E-state index in [-0.39, 0.29) is 11.8 Å². The molecule has 1 N–H and O–H groups in total. The van der Waals surface area contributed by atoms with Crippen LogP contribution in [0.5, 0.6) is 0 Å². The molecule has 1 aromatic carbocycles. The fourth-order valence-corrected chi connectivity index (χ4v) is 4.02. The van der Waals surface area contributed by atoms with Gasteiger partial charge in [-0.05, 0) is 62.9 Å². The summed E-state index contributed by atoms with van der Waals surface area (Å²) in [7, 11) is 0. The Kier molecular flexibility index (Phi) is 5.79. The lowest BCUT2D eigenvalue weighted by atomic mass is 9.95. The van der Waals surface area contributed by atoms with E-state index in [0.717, 1.165) is 55.2 Å². The number of nitrogens with zero attached hydrogens (tertiary/aromatic N) is 5. The molecule has 1 amide bonds. The molecule has 0 spiro atoms. The van der Waals surface area contributed by atoms with Gasteiger partial charge in [-0.1, -0.05) is 25.1 Å². The van der Waals surface area contributed by atoms with Crippen molar-refractivity contribution < 1.29 is 4.79 Å². The third-order valence-electron chi connectivity index (χ3n) is 5.71. The maximum Gasteiger partial charge on any atom is 0.227 e.